The standard InChI is InChI=1S/C14H17BrN2O3/c1-14(20)6-7-17(9-14)8-12(18)16-13(19)10-4-2-3-5-11(10)15/h2-5,20H,6-9H2,1H3,(H,16,18,19). The van der Waals surface area contributed by atoms with E-state index in [0.29, 0.717) is 29.5 Å². The number of carbonyl (C=O) groups excluding carboxylic acids is 2. The summed E-state index contributed by atoms with van der Waals surface area (Å²) < 4.78 is 0.648. The van der Waals surface area contributed by atoms with E-state index in [4.69, 9.17) is 0 Å². The van der Waals surface area contributed by atoms with Crippen LogP contribution in [-0.2, 0) is 4.79 Å². The molecule has 1 fully saturated rings. The summed E-state index contributed by atoms with van der Waals surface area (Å²) in [4.78, 5) is 25.6. The van der Waals surface area contributed by atoms with Gasteiger partial charge in [-0.3, -0.25) is 19.8 Å². The summed E-state index contributed by atoms with van der Waals surface area (Å²) in [5.41, 5.74) is -0.318. The fourth-order valence-electron chi connectivity index (χ4n) is 2.26. The number of nitrogens with zero attached hydrogens (tertiary/aromatic N) is 1. The van der Waals surface area contributed by atoms with Crippen LogP contribution in [0.1, 0.15) is 23.7 Å². The monoisotopic (exact) mass is 340 g/mol. The van der Waals surface area contributed by atoms with Crippen molar-refractivity contribution in [2.45, 2.75) is 18.9 Å². The normalized spacial score (nSPS) is 22.8. The van der Waals surface area contributed by atoms with Crippen LogP contribution >= 0.6 is 15.9 Å². The number of halogens is 1. The smallest absolute Gasteiger partial charge is 0.259 e. The Morgan fingerprint density at radius 3 is 2.75 bits per heavy atom. The molecule has 6 heteroatoms. The number of benzene rings is 1. The fourth-order valence-corrected chi connectivity index (χ4v) is 2.72. The maximum Gasteiger partial charge on any atom is 0.259 e. The molecule has 2 amide bonds. The minimum absolute atomic E-state index is 0.117. The lowest BCUT2D eigenvalue weighted by molar-refractivity contribution is -0.121. The van der Waals surface area contributed by atoms with E-state index in [-0.39, 0.29) is 12.5 Å². The molecule has 0 radical (unpaired) electrons. The highest BCUT2D eigenvalue weighted by Crippen LogP contribution is 2.19. The lowest BCUT2D eigenvalue weighted by Gasteiger charge is -2.18. The fraction of sp³-hybridized carbons (Fsp3) is 0.429. The van der Waals surface area contributed by atoms with Gasteiger partial charge in [0.2, 0.25) is 5.91 Å². The Balaban J connectivity index is 1.89. The van der Waals surface area contributed by atoms with Crippen molar-refractivity contribution in [1.82, 2.24) is 10.2 Å². The molecule has 1 aliphatic rings. The van der Waals surface area contributed by atoms with Gasteiger partial charge >= 0.3 is 0 Å². The van der Waals surface area contributed by atoms with Gasteiger partial charge in [-0.15, -0.1) is 0 Å². The number of amides is 2. The number of hydrogen-bond acceptors (Lipinski definition) is 4. The molecular formula is C14H17BrN2O3. The summed E-state index contributed by atoms with van der Waals surface area (Å²) in [5, 5.41) is 12.2. The van der Waals surface area contributed by atoms with Crippen molar-refractivity contribution >= 4 is 27.7 Å². The Labute approximate surface area is 126 Å². The molecule has 1 saturated heterocycles. The van der Waals surface area contributed by atoms with E-state index < -0.39 is 11.5 Å². The highest BCUT2D eigenvalue weighted by atomic mass is 79.9. The van der Waals surface area contributed by atoms with Crippen LogP contribution in [0.25, 0.3) is 0 Å². The molecule has 1 unspecified atom stereocenters. The van der Waals surface area contributed by atoms with Gasteiger partial charge in [0.15, 0.2) is 0 Å². The summed E-state index contributed by atoms with van der Waals surface area (Å²) >= 11 is 3.27. The molecule has 1 aromatic carbocycles. The lowest BCUT2D eigenvalue weighted by Crippen LogP contribution is -2.40. The second-order valence-corrected chi connectivity index (χ2v) is 6.17. The van der Waals surface area contributed by atoms with Gasteiger partial charge in [0.25, 0.3) is 5.91 Å². The van der Waals surface area contributed by atoms with Gasteiger partial charge in [-0.25, -0.2) is 0 Å². The molecule has 1 aliphatic heterocycles. The van der Waals surface area contributed by atoms with Crippen LogP contribution in [0, 0.1) is 0 Å². The predicted molar refractivity (Wildman–Crippen MR) is 78.3 cm³/mol. The molecule has 1 aromatic rings. The first-order valence-electron chi connectivity index (χ1n) is 6.41. The van der Waals surface area contributed by atoms with Crippen LogP contribution in [-0.4, -0.2) is 47.1 Å². The first-order valence-corrected chi connectivity index (χ1v) is 7.20. The number of imide groups is 1. The zero-order valence-electron chi connectivity index (χ0n) is 11.2. The molecule has 2 N–H and O–H groups in total. The predicted octanol–water partition coefficient (Wildman–Crippen LogP) is 1.16. The van der Waals surface area contributed by atoms with Gasteiger partial charge in [0.05, 0.1) is 17.7 Å². The molecular weight excluding hydrogens is 324 g/mol. The molecule has 1 atom stereocenters. The van der Waals surface area contributed by atoms with Crippen LogP contribution in [0.4, 0.5) is 0 Å². The molecule has 20 heavy (non-hydrogen) atoms. The van der Waals surface area contributed by atoms with Crippen molar-refractivity contribution in [3.8, 4) is 0 Å². The van der Waals surface area contributed by atoms with Crippen molar-refractivity contribution < 1.29 is 14.7 Å². The van der Waals surface area contributed by atoms with Crippen LogP contribution in [0.3, 0.4) is 0 Å². The number of aliphatic hydroxyl groups is 1. The molecule has 0 aromatic heterocycles. The number of rotatable bonds is 3. The molecule has 0 saturated carbocycles. The zero-order chi connectivity index (χ0) is 14.8. The van der Waals surface area contributed by atoms with Gasteiger partial charge in [-0.2, -0.15) is 0 Å². The van der Waals surface area contributed by atoms with Crippen molar-refractivity contribution in [1.29, 1.82) is 0 Å². The van der Waals surface area contributed by atoms with Gasteiger partial charge in [-0.05, 0) is 41.4 Å². The van der Waals surface area contributed by atoms with Crippen molar-refractivity contribution in [2.24, 2.45) is 0 Å². The van der Waals surface area contributed by atoms with Gasteiger partial charge in [0, 0.05) is 17.6 Å². The Morgan fingerprint density at radius 2 is 2.15 bits per heavy atom. The summed E-state index contributed by atoms with van der Waals surface area (Å²) in [5.74, 6) is -0.781. The molecule has 1 heterocycles. The Morgan fingerprint density at radius 1 is 1.45 bits per heavy atom. The first kappa shape index (κ1) is 15.2. The number of β-amino-alcohol motifs (C(OH)–C–C–N with tert-alkyl or cyclic N) is 1. The SMILES string of the molecule is CC1(O)CCN(CC(=O)NC(=O)c2ccccc2Br)C1. The molecule has 0 spiro atoms. The molecule has 0 aliphatic carbocycles. The van der Waals surface area contributed by atoms with Crippen molar-refractivity contribution in [2.75, 3.05) is 19.6 Å². The first-order chi connectivity index (χ1) is 9.37. The third kappa shape index (κ3) is 3.88. The van der Waals surface area contributed by atoms with Gasteiger partial charge < -0.3 is 5.11 Å². The summed E-state index contributed by atoms with van der Waals surface area (Å²) in [6.07, 6.45) is 0.637. The topological polar surface area (TPSA) is 69.6 Å². The number of hydrogen-bond donors (Lipinski definition) is 2. The lowest BCUT2D eigenvalue weighted by atomic mass is 10.1. The molecule has 5 nitrogen and oxygen atoms in total. The Bertz CT molecular complexity index is 531. The summed E-state index contributed by atoms with van der Waals surface area (Å²) in [6.45, 7) is 2.97. The third-order valence-electron chi connectivity index (χ3n) is 3.27. The van der Waals surface area contributed by atoms with E-state index in [9.17, 15) is 14.7 Å². The van der Waals surface area contributed by atoms with Crippen LogP contribution in [0.2, 0.25) is 0 Å². The Hall–Kier alpha value is -1.24. The Kier molecular flexibility index (Phi) is 4.57. The highest BCUT2D eigenvalue weighted by Gasteiger charge is 2.32. The second-order valence-electron chi connectivity index (χ2n) is 5.31. The van der Waals surface area contributed by atoms with E-state index in [2.05, 4.69) is 21.2 Å². The molecule has 0 bridgehead atoms. The van der Waals surface area contributed by atoms with Crippen LogP contribution < -0.4 is 5.32 Å². The van der Waals surface area contributed by atoms with Crippen molar-refractivity contribution in [3.63, 3.8) is 0 Å². The summed E-state index contributed by atoms with van der Waals surface area (Å²) in [7, 11) is 0. The maximum atomic E-state index is 11.9. The number of likely N-dealkylation sites (tertiary alicyclic amines) is 1. The minimum Gasteiger partial charge on any atom is -0.389 e. The van der Waals surface area contributed by atoms with E-state index in [0.717, 1.165) is 0 Å². The summed E-state index contributed by atoms with van der Waals surface area (Å²) in [6, 6.07) is 6.93. The minimum atomic E-state index is -0.743. The number of carbonyl (C=O) groups is 2. The highest BCUT2D eigenvalue weighted by molar-refractivity contribution is 9.10. The zero-order valence-corrected chi connectivity index (χ0v) is 12.8. The van der Waals surface area contributed by atoms with Crippen LogP contribution in [0.5, 0.6) is 0 Å². The third-order valence-corrected chi connectivity index (χ3v) is 3.96. The maximum absolute atomic E-state index is 11.9. The number of nitrogens with one attached hydrogen (secondary N) is 1. The average molecular weight is 341 g/mol. The van der Waals surface area contributed by atoms with E-state index in [1.807, 2.05) is 4.90 Å². The van der Waals surface area contributed by atoms with E-state index in [1.165, 1.54) is 0 Å². The average Bonchev–Trinajstić information content (AvgIpc) is 2.68. The largest absolute Gasteiger partial charge is 0.389 e. The van der Waals surface area contributed by atoms with E-state index >= 15 is 0 Å². The van der Waals surface area contributed by atoms with Crippen molar-refractivity contribution in [3.05, 3.63) is 34.3 Å². The molecule has 2 rings (SSSR count). The second kappa shape index (κ2) is 6.03. The quantitative estimate of drug-likeness (QED) is 0.866. The van der Waals surface area contributed by atoms with Crippen LogP contribution in [0.15, 0.2) is 28.7 Å². The van der Waals surface area contributed by atoms with Gasteiger partial charge in [-0.1, -0.05) is 12.1 Å². The van der Waals surface area contributed by atoms with E-state index in [1.54, 1.807) is 31.2 Å². The molecule has 108 valence electrons. The van der Waals surface area contributed by atoms with Gasteiger partial charge in [0.1, 0.15) is 0 Å².